The molecule has 0 radical (unpaired) electrons. The topological polar surface area (TPSA) is 38.0 Å². The van der Waals surface area contributed by atoms with Gasteiger partial charge in [-0.1, -0.05) is 17.7 Å². The molecule has 74 valence electrons. The third-order valence-electron chi connectivity index (χ3n) is 2.02. The first-order chi connectivity index (χ1) is 6.70. The zero-order valence-corrected chi connectivity index (χ0v) is 9.09. The summed E-state index contributed by atoms with van der Waals surface area (Å²) in [6.45, 7) is 0. The van der Waals surface area contributed by atoms with Gasteiger partial charge in [0.05, 0.1) is 6.20 Å². The molecule has 0 aromatic carbocycles. The van der Waals surface area contributed by atoms with E-state index < -0.39 is 6.10 Å². The van der Waals surface area contributed by atoms with Crippen molar-refractivity contribution in [1.82, 2.24) is 9.55 Å². The summed E-state index contributed by atoms with van der Waals surface area (Å²) in [5.41, 5.74) is 0. The van der Waals surface area contributed by atoms with Gasteiger partial charge in [0.1, 0.15) is 17.1 Å². The molecule has 2 heterocycles. The lowest BCUT2D eigenvalue weighted by atomic mass is 10.3. The highest BCUT2D eigenvalue weighted by Crippen LogP contribution is 2.25. The van der Waals surface area contributed by atoms with E-state index in [-0.39, 0.29) is 0 Å². The van der Waals surface area contributed by atoms with Gasteiger partial charge in [0.25, 0.3) is 0 Å². The van der Waals surface area contributed by atoms with Crippen molar-refractivity contribution in [3.8, 4) is 0 Å². The van der Waals surface area contributed by atoms with Gasteiger partial charge in [-0.3, -0.25) is 0 Å². The highest BCUT2D eigenvalue weighted by molar-refractivity contribution is 7.10. The van der Waals surface area contributed by atoms with Crippen molar-refractivity contribution in [2.45, 2.75) is 6.10 Å². The van der Waals surface area contributed by atoms with Crippen molar-refractivity contribution in [2.75, 3.05) is 0 Å². The van der Waals surface area contributed by atoms with Gasteiger partial charge in [-0.25, -0.2) is 4.98 Å². The molecule has 2 aromatic rings. The number of aliphatic hydroxyl groups is 1. The van der Waals surface area contributed by atoms with Gasteiger partial charge in [0.15, 0.2) is 0 Å². The predicted octanol–water partition coefficient (Wildman–Crippen LogP) is 2.22. The molecule has 0 aliphatic heterocycles. The standard InChI is InChI=1S/C9H9ClN2OS/c1-12-7(10)5-11-9(12)8(13)6-3-2-4-14-6/h2-5,8,13H,1H3. The lowest BCUT2D eigenvalue weighted by molar-refractivity contribution is 0.210. The van der Waals surface area contributed by atoms with Crippen LogP contribution in [0.5, 0.6) is 0 Å². The van der Waals surface area contributed by atoms with E-state index in [1.807, 2.05) is 17.5 Å². The summed E-state index contributed by atoms with van der Waals surface area (Å²) in [5, 5.41) is 12.4. The normalized spacial score (nSPS) is 13.1. The number of hydrogen-bond acceptors (Lipinski definition) is 3. The summed E-state index contributed by atoms with van der Waals surface area (Å²) in [5.74, 6) is 0.567. The average molecular weight is 229 g/mol. The second-order valence-electron chi connectivity index (χ2n) is 2.92. The van der Waals surface area contributed by atoms with Gasteiger partial charge in [-0.15, -0.1) is 11.3 Å². The number of halogens is 1. The fraction of sp³-hybridized carbons (Fsp3) is 0.222. The maximum Gasteiger partial charge on any atom is 0.146 e. The molecule has 1 unspecified atom stereocenters. The van der Waals surface area contributed by atoms with Crippen molar-refractivity contribution < 1.29 is 5.11 Å². The third-order valence-corrected chi connectivity index (χ3v) is 3.30. The first-order valence-electron chi connectivity index (χ1n) is 4.08. The maximum absolute atomic E-state index is 9.94. The lowest BCUT2D eigenvalue weighted by Crippen LogP contribution is -2.05. The van der Waals surface area contributed by atoms with Gasteiger partial charge in [-0.2, -0.15) is 0 Å². The fourth-order valence-electron chi connectivity index (χ4n) is 1.23. The second kappa shape index (κ2) is 3.73. The van der Waals surface area contributed by atoms with E-state index in [4.69, 9.17) is 11.6 Å². The first-order valence-corrected chi connectivity index (χ1v) is 5.34. The molecule has 0 bridgehead atoms. The predicted molar refractivity (Wildman–Crippen MR) is 56.6 cm³/mol. The summed E-state index contributed by atoms with van der Waals surface area (Å²) >= 11 is 7.33. The molecule has 0 saturated heterocycles. The van der Waals surface area contributed by atoms with Crippen molar-refractivity contribution in [3.63, 3.8) is 0 Å². The Labute approximate surface area is 90.6 Å². The van der Waals surface area contributed by atoms with E-state index >= 15 is 0 Å². The minimum atomic E-state index is -0.688. The lowest BCUT2D eigenvalue weighted by Gasteiger charge is -2.08. The van der Waals surface area contributed by atoms with Crippen molar-refractivity contribution >= 4 is 22.9 Å². The number of aliphatic hydroxyl groups excluding tert-OH is 1. The molecule has 1 N–H and O–H groups in total. The Balaban J connectivity index is 2.36. The highest BCUT2D eigenvalue weighted by atomic mass is 35.5. The van der Waals surface area contributed by atoms with Crippen LogP contribution in [0.15, 0.2) is 23.7 Å². The van der Waals surface area contributed by atoms with Crippen LogP contribution in [-0.2, 0) is 7.05 Å². The molecule has 14 heavy (non-hydrogen) atoms. The number of rotatable bonds is 2. The molecule has 5 heteroatoms. The molecule has 1 atom stereocenters. The molecule has 0 saturated carbocycles. The Hall–Kier alpha value is -0.840. The van der Waals surface area contributed by atoms with E-state index in [1.54, 1.807) is 11.6 Å². The largest absolute Gasteiger partial charge is 0.380 e. The summed E-state index contributed by atoms with van der Waals surface area (Å²) < 4.78 is 1.67. The highest BCUT2D eigenvalue weighted by Gasteiger charge is 2.17. The zero-order valence-electron chi connectivity index (χ0n) is 7.51. The quantitative estimate of drug-likeness (QED) is 0.856. The van der Waals surface area contributed by atoms with E-state index in [9.17, 15) is 5.11 Å². The Morgan fingerprint density at radius 2 is 2.43 bits per heavy atom. The van der Waals surface area contributed by atoms with Crippen LogP contribution < -0.4 is 0 Å². The van der Waals surface area contributed by atoms with Crippen LogP contribution in [-0.4, -0.2) is 14.7 Å². The first kappa shape index (κ1) is 9.71. The second-order valence-corrected chi connectivity index (χ2v) is 4.28. The van der Waals surface area contributed by atoms with E-state index in [2.05, 4.69) is 4.98 Å². The minimum Gasteiger partial charge on any atom is -0.380 e. The fourth-order valence-corrected chi connectivity index (χ4v) is 2.07. The Morgan fingerprint density at radius 1 is 1.64 bits per heavy atom. The third kappa shape index (κ3) is 1.56. The minimum absolute atomic E-state index is 0.524. The SMILES string of the molecule is Cn1c(Cl)cnc1C(O)c1cccs1. The maximum atomic E-state index is 9.94. The van der Waals surface area contributed by atoms with Gasteiger partial charge in [0.2, 0.25) is 0 Å². The smallest absolute Gasteiger partial charge is 0.146 e. The molecular formula is C9H9ClN2OS. The average Bonchev–Trinajstić information content (AvgIpc) is 2.77. The molecule has 0 fully saturated rings. The monoisotopic (exact) mass is 228 g/mol. The van der Waals surface area contributed by atoms with Gasteiger partial charge in [0, 0.05) is 11.9 Å². The summed E-state index contributed by atoms with van der Waals surface area (Å²) in [4.78, 5) is 4.93. The van der Waals surface area contributed by atoms with Crippen LogP contribution in [0, 0.1) is 0 Å². The van der Waals surface area contributed by atoms with E-state index in [0.29, 0.717) is 11.0 Å². The van der Waals surface area contributed by atoms with Crippen LogP contribution in [0.2, 0.25) is 5.15 Å². The molecule has 2 rings (SSSR count). The van der Waals surface area contributed by atoms with Crippen LogP contribution in [0.3, 0.4) is 0 Å². The van der Waals surface area contributed by atoms with Gasteiger partial charge < -0.3 is 9.67 Å². The Bertz CT molecular complexity index is 424. The zero-order chi connectivity index (χ0) is 10.1. The number of aromatic nitrogens is 2. The molecule has 2 aromatic heterocycles. The van der Waals surface area contributed by atoms with Crippen molar-refractivity contribution in [3.05, 3.63) is 39.6 Å². The van der Waals surface area contributed by atoms with E-state index in [0.717, 1.165) is 4.88 Å². The van der Waals surface area contributed by atoms with Crippen LogP contribution in [0.25, 0.3) is 0 Å². The molecule has 0 amide bonds. The van der Waals surface area contributed by atoms with Gasteiger partial charge in [-0.05, 0) is 11.4 Å². The van der Waals surface area contributed by atoms with Crippen molar-refractivity contribution in [2.24, 2.45) is 7.05 Å². The summed E-state index contributed by atoms with van der Waals surface area (Å²) in [6.07, 6.45) is 0.848. The number of hydrogen-bond donors (Lipinski definition) is 1. The summed E-state index contributed by atoms with van der Waals surface area (Å²) in [7, 11) is 1.78. The summed E-state index contributed by atoms with van der Waals surface area (Å²) in [6, 6.07) is 3.77. The molecule has 0 aliphatic carbocycles. The number of imidazole rings is 1. The molecular weight excluding hydrogens is 220 g/mol. The Morgan fingerprint density at radius 3 is 2.93 bits per heavy atom. The van der Waals surface area contributed by atoms with E-state index in [1.165, 1.54) is 17.5 Å². The van der Waals surface area contributed by atoms with Gasteiger partial charge >= 0.3 is 0 Å². The van der Waals surface area contributed by atoms with Crippen LogP contribution in [0.4, 0.5) is 0 Å². The van der Waals surface area contributed by atoms with Crippen molar-refractivity contribution in [1.29, 1.82) is 0 Å². The molecule has 0 aliphatic rings. The number of nitrogens with zero attached hydrogens (tertiary/aromatic N) is 2. The van der Waals surface area contributed by atoms with Crippen LogP contribution >= 0.6 is 22.9 Å². The number of thiophene rings is 1. The Kier molecular flexibility index (Phi) is 2.58. The van der Waals surface area contributed by atoms with Crippen LogP contribution in [0.1, 0.15) is 16.8 Å². The molecule has 0 spiro atoms. The molecule has 3 nitrogen and oxygen atoms in total.